The maximum Gasteiger partial charge on any atom is 0.434 e. The number of nitrogens with zero attached hydrogens (tertiary/aromatic N) is 2. The second-order valence-corrected chi connectivity index (χ2v) is 7.19. The minimum Gasteiger partial charge on any atom is -0.497 e. The fraction of sp³-hybridized carbons (Fsp3) is 0.130. The van der Waals surface area contributed by atoms with Gasteiger partial charge in [0, 0.05) is 40.9 Å². The molecule has 2 aromatic heterocycles. The van der Waals surface area contributed by atoms with Gasteiger partial charge in [0.15, 0.2) is 12.0 Å². The van der Waals surface area contributed by atoms with Crippen molar-refractivity contribution in [2.75, 3.05) is 19.0 Å². The molecule has 4 aromatic rings. The smallest absolute Gasteiger partial charge is 0.434 e. The van der Waals surface area contributed by atoms with E-state index < -0.39 is 28.9 Å². The van der Waals surface area contributed by atoms with Crippen molar-refractivity contribution in [1.82, 2.24) is 14.8 Å². The van der Waals surface area contributed by atoms with Gasteiger partial charge < -0.3 is 19.8 Å². The highest BCUT2D eigenvalue weighted by molar-refractivity contribution is 6.05. The zero-order valence-corrected chi connectivity index (χ0v) is 18.1. The lowest BCUT2D eigenvalue weighted by Crippen LogP contribution is -2.21. The van der Waals surface area contributed by atoms with Crippen molar-refractivity contribution in [2.45, 2.75) is 6.18 Å². The maximum absolute atomic E-state index is 14.1. The Hall–Kier alpha value is -4.61. The minimum absolute atomic E-state index is 0.0223. The van der Waals surface area contributed by atoms with Crippen LogP contribution in [0.25, 0.3) is 16.5 Å². The number of ether oxygens (including phenoxy) is 2. The van der Waals surface area contributed by atoms with Gasteiger partial charge >= 0.3 is 6.18 Å². The maximum atomic E-state index is 14.1. The highest BCUT2D eigenvalue weighted by Crippen LogP contribution is 2.35. The monoisotopic (exact) mass is 486 g/mol. The van der Waals surface area contributed by atoms with Crippen LogP contribution in [0.4, 0.5) is 18.9 Å². The van der Waals surface area contributed by atoms with Crippen molar-refractivity contribution in [3.8, 4) is 17.2 Å². The number of carbonyl (C=O) groups is 2. The van der Waals surface area contributed by atoms with Crippen LogP contribution in [-0.2, 0) is 11.0 Å². The lowest BCUT2D eigenvalue weighted by Gasteiger charge is -2.15. The molecule has 4 rings (SSSR count). The Labute approximate surface area is 195 Å². The molecule has 0 spiro atoms. The number of alkyl halides is 3. The van der Waals surface area contributed by atoms with Gasteiger partial charge in [-0.05, 0) is 18.2 Å². The third-order valence-electron chi connectivity index (χ3n) is 4.99. The van der Waals surface area contributed by atoms with Crippen LogP contribution in [0.2, 0.25) is 0 Å². The molecule has 9 nitrogen and oxygen atoms in total. The van der Waals surface area contributed by atoms with E-state index in [9.17, 15) is 27.6 Å². The van der Waals surface area contributed by atoms with E-state index in [1.54, 1.807) is 0 Å². The number of aromatic amines is 1. The predicted octanol–water partition coefficient (Wildman–Crippen LogP) is 3.57. The van der Waals surface area contributed by atoms with Crippen molar-refractivity contribution in [3.05, 3.63) is 76.5 Å². The molecule has 0 unspecified atom stereocenters. The fourth-order valence-corrected chi connectivity index (χ4v) is 3.53. The van der Waals surface area contributed by atoms with Crippen LogP contribution in [0.1, 0.15) is 16.1 Å². The van der Waals surface area contributed by atoms with E-state index in [-0.39, 0.29) is 40.3 Å². The van der Waals surface area contributed by atoms with Crippen LogP contribution < -0.4 is 20.3 Å². The van der Waals surface area contributed by atoms with Crippen LogP contribution >= 0.6 is 0 Å². The van der Waals surface area contributed by atoms with Gasteiger partial charge in [-0.3, -0.25) is 14.4 Å². The number of aldehydes is 1. The molecule has 1 amide bonds. The third-order valence-corrected chi connectivity index (χ3v) is 4.99. The van der Waals surface area contributed by atoms with Crippen LogP contribution in [0, 0.1) is 0 Å². The van der Waals surface area contributed by atoms with E-state index in [1.165, 1.54) is 55.8 Å². The summed E-state index contributed by atoms with van der Waals surface area (Å²) < 4.78 is 53.3. The minimum atomic E-state index is -4.96. The van der Waals surface area contributed by atoms with Crippen molar-refractivity contribution in [3.63, 3.8) is 0 Å². The molecule has 0 aliphatic carbocycles. The zero-order valence-electron chi connectivity index (χ0n) is 18.1. The van der Waals surface area contributed by atoms with Gasteiger partial charge in [0.05, 0.1) is 24.6 Å². The summed E-state index contributed by atoms with van der Waals surface area (Å²) >= 11 is 0. The summed E-state index contributed by atoms with van der Waals surface area (Å²) in [4.78, 5) is 38.0. The van der Waals surface area contributed by atoms with Gasteiger partial charge in [-0.15, -0.1) is 0 Å². The number of hydrogen-bond donors (Lipinski definition) is 2. The van der Waals surface area contributed by atoms with Gasteiger partial charge in [0.1, 0.15) is 18.1 Å². The van der Waals surface area contributed by atoms with Crippen molar-refractivity contribution < 1.29 is 32.2 Å². The molecule has 0 saturated heterocycles. The van der Waals surface area contributed by atoms with Gasteiger partial charge in [-0.25, -0.2) is 4.68 Å². The van der Waals surface area contributed by atoms with E-state index in [2.05, 4.69) is 15.4 Å². The number of carbonyl (C=O) groups excluding carboxylic acids is 2. The first-order valence-electron chi connectivity index (χ1n) is 10.1. The Morgan fingerprint density at radius 1 is 1.17 bits per heavy atom. The summed E-state index contributed by atoms with van der Waals surface area (Å²) in [5.41, 5.74) is -2.48. The summed E-state index contributed by atoms with van der Waals surface area (Å²) in [5, 5.41) is 6.59. The van der Waals surface area contributed by atoms with Crippen molar-refractivity contribution in [1.29, 1.82) is 0 Å². The standard InChI is InChI=1S/C23H17F3N4O5/c1-34-14-9-13(10-15(11-14)35-8-7-31)29-22(33)18-12-28-30(20(18)23(24,25)26)19-4-2-3-17-16(19)5-6-27-21(17)32/h2-7,9-12H,8H2,1H3,(H,27,32)(H,29,33). The summed E-state index contributed by atoms with van der Waals surface area (Å²) in [6.07, 6.45) is -2.33. The molecule has 0 atom stereocenters. The first-order valence-corrected chi connectivity index (χ1v) is 10.1. The number of anilines is 1. The van der Waals surface area contributed by atoms with E-state index in [0.29, 0.717) is 11.0 Å². The molecule has 12 heteroatoms. The topological polar surface area (TPSA) is 115 Å². The van der Waals surface area contributed by atoms with Crippen LogP contribution in [-0.4, -0.2) is 40.7 Å². The van der Waals surface area contributed by atoms with Crippen LogP contribution in [0.5, 0.6) is 11.5 Å². The summed E-state index contributed by atoms with van der Waals surface area (Å²) in [7, 11) is 1.35. The molecular weight excluding hydrogens is 469 g/mol. The van der Waals surface area contributed by atoms with Gasteiger partial charge in [0.25, 0.3) is 11.5 Å². The first-order chi connectivity index (χ1) is 16.7. The second-order valence-electron chi connectivity index (χ2n) is 7.19. The average Bonchev–Trinajstić information content (AvgIpc) is 3.28. The number of pyridine rings is 1. The number of benzene rings is 2. The summed E-state index contributed by atoms with van der Waals surface area (Å²) in [6.45, 7) is -0.264. The highest BCUT2D eigenvalue weighted by Gasteiger charge is 2.41. The number of rotatable bonds is 7. The number of amides is 1. The van der Waals surface area contributed by atoms with E-state index >= 15 is 0 Å². The summed E-state index contributed by atoms with van der Waals surface area (Å²) in [5.74, 6) is -0.674. The molecule has 2 aromatic carbocycles. The lowest BCUT2D eigenvalue weighted by atomic mass is 10.1. The Bertz CT molecular complexity index is 1480. The second kappa shape index (κ2) is 9.33. The SMILES string of the molecule is COc1cc(NC(=O)c2cnn(-c3cccc4c(=O)[nH]ccc34)c2C(F)(F)F)cc(OCC=O)c1. The number of H-pyrrole nitrogens is 1. The first kappa shape index (κ1) is 23.5. The number of nitrogens with one attached hydrogen (secondary N) is 2. The molecule has 35 heavy (non-hydrogen) atoms. The fourth-order valence-electron chi connectivity index (χ4n) is 3.53. The van der Waals surface area contributed by atoms with Gasteiger partial charge in [-0.2, -0.15) is 18.3 Å². The van der Waals surface area contributed by atoms with E-state index in [1.807, 2.05) is 0 Å². The van der Waals surface area contributed by atoms with Gasteiger partial charge in [-0.1, -0.05) is 6.07 Å². The van der Waals surface area contributed by atoms with Crippen LogP contribution in [0.15, 0.2) is 59.7 Å². The number of fused-ring (bicyclic) bond motifs is 1. The zero-order chi connectivity index (χ0) is 25.2. The molecule has 0 aliphatic heterocycles. The lowest BCUT2D eigenvalue weighted by molar-refractivity contribution is -0.143. The Morgan fingerprint density at radius 2 is 1.94 bits per heavy atom. The molecule has 180 valence electrons. The molecule has 0 saturated carbocycles. The Kier molecular flexibility index (Phi) is 6.28. The molecule has 0 radical (unpaired) electrons. The molecule has 2 heterocycles. The van der Waals surface area contributed by atoms with E-state index in [4.69, 9.17) is 9.47 Å². The Morgan fingerprint density at radius 3 is 2.66 bits per heavy atom. The average molecular weight is 486 g/mol. The van der Waals surface area contributed by atoms with Crippen molar-refractivity contribution in [2.24, 2.45) is 0 Å². The normalized spacial score (nSPS) is 11.3. The third kappa shape index (κ3) is 4.71. The predicted molar refractivity (Wildman–Crippen MR) is 119 cm³/mol. The molecule has 2 N–H and O–H groups in total. The molecule has 0 bridgehead atoms. The molecule has 0 fully saturated rings. The van der Waals surface area contributed by atoms with E-state index in [0.717, 1.165) is 6.20 Å². The molecule has 0 aliphatic rings. The highest BCUT2D eigenvalue weighted by atomic mass is 19.4. The van der Waals surface area contributed by atoms with Gasteiger partial charge in [0.2, 0.25) is 0 Å². The summed E-state index contributed by atoms with van der Waals surface area (Å²) in [6, 6.07) is 9.86. The number of aromatic nitrogens is 3. The van der Waals surface area contributed by atoms with Crippen LogP contribution in [0.3, 0.4) is 0 Å². The number of hydrogen-bond acceptors (Lipinski definition) is 6. The quantitative estimate of drug-likeness (QED) is 0.386. The number of methoxy groups -OCH3 is 1. The van der Waals surface area contributed by atoms with Crippen molar-refractivity contribution >= 4 is 28.7 Å². The molecular formula is C23H17F3N4O5. The number of halogens is 3. The Balaban J connectivity index is 1.78. The largest absolute Gasteiger partial charge is 0.497 e.